The fraction of sp³-hybridized carbons (Fsp3) is 0.552. The van der Waals surface area contributed by atoms with E-state index in [1.165, 1.54) is 16.2 Å². The van der Waals surface area contributed by atoms with Gasteiger partial charge in [-0.25, -0.2) is 18.1 Å². The van der Waals surface area contributed by atoms with Crippen molar-refractivity contribution in [2.24, 2.45) is 22.2 Å². The number of imide groups is 1. The van der Waals surface area contributed by atoms with Gasteiger partial charge in [-0.05, 0) is 48.1 Å². The summed E-state index contributed by atoms with van der Waals surface area (Å²) in [4.78, 5) is 55.8. The van der Waals surface area contributed by atoms with Crippen molar-refractivity contribution in [3.05, 3.63) is 45.4 Å². The van der Waals surface area contributed by atoms with Gasteiger partial charge in [0.15, 0.2) is 0 Å². The maximum atomic E-state index is 13.1. The topological polar surface area (TPSA) is 152 Å². The van der Waals surface area contributed by atoms with Crippen LogP contribution in [0, 0.1) is 22.2 Å². The van der Waals surface area contributed by atoms with Crippen LogP contribution in [0.3, 0.4) is 0 Å². The van der Waals surface area contributed by atoms with Crippen LogP contribution in [-0.2, 0) is 44.1 Å². The van der Waals surface area contributed by atoms with Gasteiger partial charge in [0.1, 0.15) is 29.2 Å². The number of ether oxygens (including phenoxy) is 1. The minimum absolute atomic E-state index is 0.00118. The maximum Gasteiger partial charge on any atom is 0.255 e. The number of thiazole rings is 1. The Morgan fingerprint density at radius 2 is 2.00 bits per heavy atom. The number of ketones is 1. The number of sulfonamides is 1. The normalized spacial score (nSPS) is 30.9. The van der Waals surface area contributed by atoms with E-state index in [4.69, 9.17) is 4.74 Å². The number of carbonyl (C=O) groups is 4. The zero-order chi connectivity index (χ0) is 29.7. The van der Waals surface area contributed by atoms with Crippen LogP contribution in [0.1, 0.15) is 72.6 Å². The predicted octanol–water partition coefficient (Wildman–Crippen LogP) is 2.30. The van der Waals surface area contributed by atoms with E-state index >= 15 is 0 Å². The van der Waals surface area contributed by atoms with Gasteiger partial charge in [0.25, 0.3) is 5.91 Å². The average Bonchev–Trinajstić information content (AvgIpc) is 3.48. The van der Waals surface area contributed by atoms with Crippen molar-refractivity contribution in [1.82, 2.24) is 19.9 Å². The third kappa shape index (κ3) is 3.99. The summed E-state index contributed by atoms with van der Waals surface area (Å²) in [6.45, 7) is 4.67. The largest absolute Gasteiger partial charge is 0.486 e. The fourth-order valence-electron chi connectivity index (χ4n) is 8.54. The first-order valence-corrected chi connectivity index (χ1v) is 16.7. The van der Waals surface area contributed by atoms with Crippen LogP contribution < -0.4 is 14.8 Å². The molecule has 2 aliphatic heterocycles. The molecule has 1 saturated heterocycles. The Hall–Kier alpha value is -3.16. The van der Waals surface area contributed by atoms with E-state index in [0.717, 1.165) is 6.42 Å². The molecule has 13 heteroatoms. The molecule has 3 heterocycles. The Balaban J connectivity index is 0.969. The summed E-state index contributed by atoms with van der Waals surface area (Å²) in [5, 5.41) is 4.71. The number of hydrogen-bond donors (Lipinski definition) is 2. The highest BCUT2D eigenvalue weighted by atomic mass is 32.2. The van der Waals surface area contributed by atoms with Gasteiger partial charge >= 0.3 is 0 Å². The molecule has 3 aliphatic carbocycles. The van der Waals surface area contributed by atoms with E-state index < -0.39 is 27.4 Å². The van der Waals surface area contributed by atoms with Gasteiger partial charge in [-0.1, -0.05) is 19.9 Å². The zero-order valence-corrected chi connectivity index (χ0v) is 25.0. The highest BCUT2D eigenvalue weighted by Crippen LogP contribution is 2.87. The first-order chi connectivity index (χ1) is 19.9. The summed E-state index contributed by atoms with van der Waals surface area (Å²) in [5.74, 6) is -0.492. The molecule has 222 valence electrons. The fourth-order valence-corrected chi connectivity index (χ4v) is 10.9. The van der Waals surface area contributed by atoms with Crippen molar-refractivity contribution >= 4 is 44.9 Å². The van der Waals surface area contributed by atoms with Gasteiger partial charge in [0.05, 0.1) is 24.5 Å². The number of nitrogens with one attached hydrogen (secondary N) is 2. The van der Waals surface area contributed by atoms with Gasteiger partial charge < -0.3 is 9.64 Å². The Bertz CT molecular complexity index is 1670. The van der Waals surface area contributed by atoms with Crippen molar-refractivity contribution in [3.8, 4) is 5.75 Å². The summed E-state index contributed by atoms with van der Waals surface area (Å²) in [7, 11) is -3.70. The van der Waals surface area contributed by atoms with Crippen LogP contribution >= 0.6 is 11.3 Å². The van der Waals surface area contributed by atoms with Crippen LogP contribution in [0.15, 0.2) is 23.6 Å². The highest BCUT2D eigenvalue weighted by molar-refractivity contribution is 7.89. The molecule has 5 aliphatic rings. The summed E-state index contributed by atoms with van der Waals surface area (Å²) < 4.78 is 34.9. The quantitative estimate of drug-likeness (QED) is 0.410. The number of hydrogen-bond acceptors (Lipinski definition) is 9. The van der Waals surface area contributed by atoms with Crippen molar-refractivity contribution in [2.75, 3.05) is 5.75 Å². The van der Waals surface area contributed by atoms with Crippen LogP contribution in [0.25, 0.3) is 0 Å². The van der Waals surface area contributed by atoms with Crippen LogP contribution in [-0.4, -0.2) is 53.6 Å². The average molecular weight is 613 g/mol. The lowest BCUT2D eigenvalue weighted by Crippen LogP contribution is -2.52. The second-order valence-corrected chi connectivity index (χ2v) is 15.6. The standard InChI is InChI=1S/C29H32N4O7S2/c1-27(2)26-28(8-9-29(26,27)10-21(28)34)15-42(38,39)30-11-16-14-41-23(31-16)13-40-20-5-3-4-17-18(20)12-33(25(17)37)19-6-7-22(35)32-24(19)36/h3-5,14,19,26,30H,6-13,15H2,1-2H3,(H,32,35,36). The molecule has 2 N–H and O–H groups in total. The Morgan fingerprint density at radius 1 is 1.19 bits per heavy atom. The number of nitrogens with zero attached hydrogens (tertiary/aromatic N) is 2. The molecule has 2 bridgehead atoms. The molecule has 1 aromatic heterocycles. The van der Waals surface area contributed by atoms with Gasteiger partial charge in [-0.2, -0.15) is 0 Å². The number of amides is 3. The lowest BCUT2D eigenvalue weighted by atomic mass is 9.70. The van der Waals surface area contributed by atoms with E-state index in [0.29, 0.717) is 40.4 Å². The Labute approximate surface area is 247 Å². The number of fused-ring (bicyclic) bond motifs is 1. The molecule has 7 rings (SSSR count). The van der Waals surface area contributed by atoms with E-state index in [1.807, 2.05) is 0 Å². The van der Waals surface area contributed by atoms with Crippen molar-refractivity contribution < 1.29 is 32.3 Å². The number of rotatable bonds is 9. The molecule has 1 aromatic carbocycles. The van der Waals surface area contributed by atoms with Crippen LogP contribution in [0.5, 0.6) is 5.75 Å². The first kappa shape index (κ1) is 27.7. The molecular formula is C29H32N4O7S2. The van der Waals surface area contributed by atoms with E-state index in [1.54, 1.807) is 23.6 Å². The SMILES string of the molecule is CC1(C)C2C3(CS(=O)(=O)NCc4csc(COc5cccc6c5CN(C5CCC(=O)NC5=O)C6=O)n4)CCC21CC3=O. The molecule has 4 unspecified atom stereocenters. The molecule has 2 aromatic rings. The first-order valence-electron chi connectivity index (χ1n) is 14.2. The summed E-state index contributed by atoms with van der Waals surface area (Å²) in [5.41, 5.74) is 0.948. The second-order valence-electron chi connectivity index (χ2n) is 12.9. The van der Waals surface area contributed by atoms with Crippen molar-refractivity contribution in [2.45, 2.75) is 71.7 Å². The van der Waals surface area contributed by atoms with Crippen LogP contribution in [0.2, 0.25) is 0 Å². The molecule has 4 atom stereocenters. The molecule has 3 saturated carbocycles. The van der Waals surface area contributed by atoms with Gasteiger partial charge in [-0.3, -0.25) is 24.5 Å². The highest BCUT2D eigenvalue weighted by Gasteiger charge is 2.86. The third-order valence-electron chi connectivity index (χ3n) is 10.5. The summed E-state index contributed by atoms with van der Waals surface area (Å²) >= 11 is 1.34. The lowest BCUT2D eigenvalue weighted by molar-refractivity contribution is -0.137. The third-order valence-corrected chi connectivity index (χ3v) is 12.8. The van der Waals surface area contributed by atoms with Gasteiger partial charge in [-0.15, -0.1) is 11.3 Å². The minimum atomic E-state index is -3.70. The summed E-state index contributed by atoms with van der Waals surface area (Å²) in [6, 6.07) is 4.46. The number of Topliss-reactive ketones (excluding diaryl/α,β-unsaturated/α-hetero) is 1. The predicted molar refractivity (Wildman–Crippen MR) is 151 cm³/mol. The molecule has 11 nitrogen and oxygen atoms in total. The number of carbonyl (C=O) groups excluding carboxylic acids is 4. The number of benzene rings is 1. The lowest BCUT2D eigenvalue weighted by Gasteiger charge is -2.35. The van der Waals surface area contributed by atoms with Crippen LogP contribution in [0.4, 0.5) is 0 Å². The molecular weight excluding hydrogens is 580 g/mol. The van der Waals surface area contributed by atoms with E-state index in [-0.39, 0.29) is 72.6 Å². The maximum absolute atomic E-state index is 13.1. The monoisotopic (exact) mass is 612 g/mol. The Morgan fingerprint density at radius 3 is 2.71 bits per heavy atom. The van der Waals surface area contributed by atoms with Crippen molar-refractivity contribution in [3.63, 3.8) is 0 Å². The molecule has 0 radical (unpaired) electrons. The molecule has 3 amide bonds. The number of piperidine rings is 1. The summed E-state index contributed by atoms with van der Waals surface area (Å²) in [6.07, 6.45) is 2.54. The minimum Gasteiger partial charge on any atom is -0.486 e. The Kier molecular flexibility index (Phi) is 6.04. The number of aromatic nitrogens is 1. The second kappa shape index (κ2) is 9.17. The van der Waals surface area contributed by atoms with E-state index in [9.17, 15) is 27.6 Å². The molecule has 4 fully saturated rings. The van der Waals surface area contributed by atoms with Gasteiger partial charge in [0, 0.05) is 34.8 Å². The molecule has 42 heavy (non-hydrogen) atoms. The molecule has 0 spiro atoms. The smallest absolute Gasteiger partial charge is 0.255 e. The van der Waals surface area contributed by atoms with E-state index in [2.05, 4.69) is 28.9 Å². The van der Waals surface area contributed by atoms with Crippen molar-refractivity contribution in [1.29, 1.82) is 0 Å². The zero-order valence-electron chi connectivity index (χ0n) is 23.4. The van der Waals surface area contributed by atoms with Gasteiger partial charge in [0.2, 0.25) is 21.8 Å².